The highest BCUT2D eigenvalue weighted by Gasteiger charge is 2.07. The molecule has 1 aromatic heterocycles. The lowest BCUT2D eigenvalue weighted by molar-refractivity contribution is 0.0601. The summed E-state index contributed by atoms with van der Waals surface area (Å²) in [6.45, 7) is 2.67. The molecule has 0 fully saturated rings. The summed E-state index contributed by atoms with van der Waals surface area (Å²) in [4.78, 5) is 20.6. The van der Waals surface area contributed by atoms with Crippen LogP contribution in [0.5, 0.6) is 0 Å². The average Bonchev–Trinajstić information content (AvgIpc) is 2.71. The minimum Gasteiger partial charge on any atom is -0.465 e. The number of nitrogens with zero attached hydrogens (tertiary/aromatic N) is 2. The van der Waals surface area contributed by atoms with Crippen LogP contribution in [0.2, 0.25) is 0 Å². The maximum atomic E-state index is 11.7. The molecular formula is C22H24N4O2. The van der Waals surface area contributed by atoms with Gasteiger partial charge in [0.05, 0.1) is 12.7 Å². The fourth-order valence-electron chi connectivity index (χ4n) is 2.87. The first kappa shape index (κ1) is 19.4. The number of methoxy groups -OCH3 is 1. The van der Waals surface area contributed by atoms with Gasteiger partial charge < -0.3 is 15.4 Å². The highest BCUT2D eigenvalue weighted by molar-refractivity contribution is 5.90. The Bertz CT molecular complexity index is 929. The summed E-state index contributed by atoms with van der Waals surface area (Å²) in [7, 11) is 1.37. The van der Waals surface area contributed by atoms with Crippen molar-refractivity contribution >= 4 is 23.3 Å². The second kappa shape index (κ2) is 9.50. The van der Waals surface area contributed by atoms with E-state index in [1.54, 1.807) is 18.2 Å². The number of hydrogen-bond acceptors (Lipinski definition) is 6. The summed E-state index contributed by atoms with van der Waals surface area (Å²) in [5.74, 6) is 1.73. The molecule has 0 aliphatic carbocycles. The normalized spacial score (nSPS) is 10.4. The molecule has 3 rings (SSSR count). The van der Waals surface area contributed by atoms with E-state index < -0.39 is 0 Å². The van der Waals surface area contributed by atoms with E-state index in [2.05, 4.69) is 44.9 Å². The highest BCUT2D eigenvalue weighted by Crippen LogP contribution is 2.19. The second-order valence-corrected chi connectivity index (χ2v) is 6.40. The van der Waals surface area contributed by atoms with Gasteiger partial charge in [-0.25, -0.2) is 14.8 Å². The minimum atomic E-state index is -0.372. The largest absolute Gasteiger partial charge is 0.465 e. The first-order valence-corrected chi connectivity index (χ1v) is 9.23. The SMILES string of the molecule is COC(=O)c1cccc(Nc2cc(NCCCc3ccccc3)nc(C)n2)c1. The zero-order valence-electron chi connectivity index (χ0n) is 16.1. The lowest BCUT2D eigenvalue weighted by Gasteiger charge is -2.11. The van der Waals surface area contributed by atoms with Crippen LogP contribution in [0.1, 0.15) is 28.2 Å². The molecule has 6 heteroatoms. The van der Waals surface area contributed by atoms with Crippen LogP contribution in [-0.4, -0.2) is 29.6 Å². The molecule has 0 saturated carbocycles. The topological polar surface area (TPSA) is 76.1 Å². The van der Waals surface area contributed by atoms with Gasteiger partial charge in [0.2, 0.25) is 0 Å². The van der Waals surface area contributed by atoms with Gasteiger partial charge in [-0.3, -0.25) is 0 Å². The summed E-state index contributed by atoms with van der Waals surface area (Å²) >= 11 is 0. The van der Waals surface area contributed by atoms with E-state index in [0.717, 1.165) is 30.9 Å². The van der Waals surface area contributed by atoms with Crippen LogP contribution in [0.15, 0.2) is 60.7 Å². The lowest BCUT2D eigenvalue weighted by atomic mass is 10.1. The number of esters is 1. The third-order valence-electron chi connectivity index (χ3n) is 4.19. The van der Waals surface area contributed by atoms with Gasteiger partial charge in [-0.1, -0.05) is 36.4 Å². The molecule has 2 N–H and O–H groups in total. The van der Waals surface area contributed by atoms with Crippen LogP contribution >= 0.6 is 0 Å². The summed E-state index contributed by atoms with van der Waals surface area (Å²) < 4.78 is 4.76. The molecule has 0 bridgehead atoms. The third-order valence-corrected chi connectivity index (χ3v) is 4.19. The fourth-order valence-corrected chi connectivity index (χ4v) is 2.87. The quantitative estimate of drug-likeness (QED) is 0.449. The first-order chi connectivity index (χ1) is 13.6. The monoisotopic (exact) mass is 376 g/mol. The van der Waals surface area contributed by atoms with Crippen molar-refractivity contribution < 1.29 is 9.53 Å². The van der Waals surface area contributed by atoms with Crippen LogP contribution in [0.4, 0.5) is 17.3 Å². The maximum Gasteiger partial charge on any atom is 0.337 e. The van der Waals surface area contributed by atoms with Gasteiger partial charge in [0.1, 0.15) is 17.5 Å². The summed E-state index contributed by atoms with van der Waals surface area (Å²) in [6.07, 6.45) is 2.03. The van der Waals surface area contributed by atoms with Crippen molar-refractivity contribution in [3.63, 3.8) is 0 Å². The molecule has 144 valence electrons. The van der Waals surface area contributed by atoms with Crippen LogP contribution < -0.4 is 10.6 Å². The van der Waals surface area contributed by atoms with Gasteiger partial charge in [-0.2, -0.15) is 0 Å². The van der Waals surface area contributed by atoms with Crippen molar-refractivity contribution in [1.82, 2.24) is 9.97 Å². The molecule has 0 spiro atoms. The molecule has 1 heterocycles. The van der Waals surface area contributed by atoms with E-state index in [1.165, 1.54) is 12.7 Å². The number of benzene rings is 2. The summed E-state index contributed by atoms with van der Waals surface area (Å²) in [5, 5.41) is 6.58. The number of hydrogen-bond donors (Lipinski definition) is 2. The fraction of sp³-hybridized carbons (Fsp3) is 0.227. The number of carbonyl (C=O) groups is 1. The zero-order chi connectivity index (χ0) is 19.8. The number of anilines is 3. The Balaban J connectivity index is 1.60. The Morgan fingerprint density at radius 2 is 1.79 bits per heavy atom. The Labute approximate surface area is 165 Å². The Kier molecular flexibility index (Phi) is 6.57. The van der Waals surface area contributed by atoms with Crippen LogP contribution in [0, 0.1) is 6.92 Å². The van der Waals surface area contributed by atoms with Gasteiger partial charge in [0.25, 0.3) is 0 Å². The number of carbonyl (C=O) groups excluding carboxylic acids is 1. The number of nitrogens with one attached hydrogen (secondary N) is 2. The van der Waals surface area contributed by atoms with Gasteiger partial charge in [-0.15, -0.1) is 0 Å². The second-order valence-electron chi connectivity index (χ2n) is 6.40. The molecule has 6 nitrogen and oxygen atoms in total. The van der Waals surface area contributed by atoms with Crippen LogP contribution in [0.3, 0.4) is 0 Å². The van der Waals surface area contributed by atoms with E-state index in [9.17, 15) is 4.79 Å². The molecule has 28 heavy (non-hydrogen) atoms. The van der Waals surface area contributed by atoms with E-state index >= 15 is 0 Å². The van der Waals surface area contributed by atoms with E-state index in [-0.39, 0.29) is 5.97 Å². The van der Waals surface area contributed by atoms with Crippen molar-refractivity contribution in [2.45, 2.75) is 19.8 Å². The number of aryl methyl sites for hydroxylation is 2. The Morgan fingerprint density at radius 3 is 2.57 bits per heavy atom. The molecule has 0 unspecified atom stereocenters. The van der Waals surface area contributed by atoms with Crippen molar-refractivity contribution in [2.75, 3.05) is 24.3 Å². The smallest absolute Gasteiger partial charge is 0.337 e. The standard InChI is InChI=1S/C22H24N4O2/c1-16-24-20(23-13-7-10-17-8-4-3-5-9-17)15-21(25-16)26-19-12-6-11-18(14-19)22(27)28-2/h3-6,8-9,11-12,14-15H,7,10,13H2,1-2H3,(H2,23,24,25,26). The molecular weight excluding hydrogens is 352 g/mol. The number of aromatic nitrogens is 2. The van der Waals surface area contributed by atoms with Gasteiger partial charge in [0.15, 0.2) is 0 Å². The maximum absolute atomic E-state index is 11.7. The van der Waals surface area contributed by atoms with E-state index in [0.29, 0.717) is 17.2 Å². The predicted molar refractivity (Wildman–Crippen MR) is 111 cm³/mol. The summed E-state index contributed by atoms with van der Waals surface area (Å²) in [6, 6.07) is 19.4. The molecule has 0 amide bonds. The molecule has 0 aliphatic rings. The molecule has 2 aromatic carbocycles. The van der Waals surface area contributed by atoms with Gasteiger partial charge >= 0.3 is 5.97 Å². The number of ether oxygens (including phenoxy) is 1. The lowest BCUT2D eigenvalue weighted by Crippen LogP contribution is -2.07. The van der Waals surface area contributed by atoms with Crippen molar-refractivity contribution in [3.05, 3.63) is 77.6 Å². The van der Waals surface area contributed by atoms with Gasteiger partial charge in [-0.05, 0) is 43.5 Å². The van der Waals surface area contributed by atoms with Crippen LogP contribution in [0.25, 0.3) is 0 Å². The minimum absolute atomic E-state index is 0.372. The molecule has 0 radical (unpaired) electrons. The van der Waals surface area contributed by atoms with E-state index in [1.807, 2.05) is 25.1 Å². The summed E-state index contributed by atoms with van der Waals surface area (Å²) in [5.41, 5.74) is 2.57. The molecule has 3 aromatic rings. The van der Waals surface area contributed by atoms with Crippen molar-refractivity contribution in [2.24, 2.45) is 0 Å². The van der Waals surface area contributed by atoms with E-state index in [4.69, 9.17) is 4.74 Å². The Hall–Kier alpha value is -3.41. The molecule has 0 aliphatic heterocycles. The first-order valence-electron chi connectivity index (χ1n) is 9.23. The highest BCUT2D eigenvalue weighted by atomic mass is 16.5. The Morgan fingerprint density at radius 1 is 1.00 bits per heavy atom. The zero-order valence-corrected chi connectivity index (χ0v) is 16.1. The van der Waals surface area contributed by atoms with Crippen LogP contribution in [-0.2, 0) is 11.2 Å². The third kappa shape index (κ3) is 5.54. The van der Waals surface area contributed by atoms with Gasteiger partial charge in [0, 0.05) is 18.3 Å². The molecule has 0 atom stereocenters. The average molecular weight is 376 g/mol. The predicted octanol–water partition coefficient (Wildman–Crippen LogP) is 4.36. The number of rotatable bonds is 8. The van der Waals surface area contributed by atoms with Crippen molar-refractivity contribution in [3.8, 4) is 0 Å². The van der Waals surface area contributed by atoms with Crippen molar-refractivity contribution in [1.29, 1.82) is 0 Å². The molecule has 0 saturated heterocycles.